The van der Waals surface area contributed by atoms with Crippen molar-refractivity contribution >= 4 is 5.57 Å². The lowest BCUT2D eigenvalue weighted by Crippen LogP contribution is -2.53. The quantitative estimate of drug-likeness (QED) is 0.865. The van der Waals surface area contributed by atoms with Crippen LogP contribution in [0.4, 0.5) is 4.39 Å². The normalized spacial score (nSPS) is 23.0. The van der Waals surface area contributed by atoms with Crippen molar-refractivity contribution < 1.29 is 9.13 Å². The summed E-state index contributed by atoms with van der Waals surface area (Å²) in [6.45, 7) is 2.19. The molecule has 126 valence electrons. The second-order valence-corrected chi connectivity index (χ2v) is 6.48. The maximum atomic E-state index is 13.9. The Kier molecular flexibility index (Phi) is 4.31. The van der Waals surface area contributed by atoms with Crippen LogP contribution in [0.3, 0.4) is 0 Å². The highest BCUT2D eigenvalue weighted by Gasteiger charge is 2.35. The summed E-state index contributed by atoms with van der Waals surface area (Å²) in [6, 6.07) is 14.0. The lowest BCUT2D eigenvalue weighted by atomic mass is 9.90. The minimum atomic E-state index is -0.561. The largest absolute Gasteiger partial charge is 0.378 e. The molecule has 0 amide bonds. The van der Waals surface area contributed by atoms with Gasteiger partial charge in [0.15, 0.2) is 11.5 Å². The van der Waals surface area contributed by atoms with Gasteiger partial charge >= 0.3 is 0 Å². The highest BCUT2D eigenvalue weighted by atomic mass is 19.1. The molecule has 2 bridgehead atoms. The van der Waals surface area contributed by atoms with Crippen LogP contribution < -0.4 is 0 Å². The second kappa shape index (κ2) is 6.75. The standard InChI is InChI=1S/C20H18FN3O/c21-19-8-16(10-23-20(19)9-22)15-6-17-12-25-13-18(7-15)24(17)11-14-4-2-1-3-5-14/h1-6,8,10,17-18H,7,11-13H2. The summed E-state index contributed by atoms with van der Waals surface area (Å²) in [4.78, 5) is 6.38. The molecule has 1 fully saturated rings. The number of nitrogens with zero attached hydrogens (tertiary/aromatic N) is 3. The van der Waals surface area contributed by atoms with Gasteiger partial charge in [-0.05, 0) is 29.2 Å². The Balaban J connectivity index is 1.61. The summed E-state index contributed by atoms with van der Waals surface area (Å²) in [5, 5.41) is 8.84. The van der Waals surface area contributed by atoms with E-state index in [0.717, 1.165) is 24.1 Å². The average molecular weight is 335 g/mol. The Bertz CT molecular complexity index is 844. The second-order valence-electron chi connectivity index (χ2n) is 6.48. The van der Waals surface area contributed by atoms with E-state index in [9.17, 15) is 4.39 Å². The zero-order chi connectivity index (χ0) is 17.2. The van der Waals surface area contributed by atoms with Crippen LogP contribution in [0.15, 0.2) is 48.7 Å². The number of fused-ring (bicyclic) bond motifs is 2. The Morgan fingerprint density at radius 3 is 2.84 bits per heavy atom. The van der Waals surface area contributed by atoms with E-state index in [1.54, 1.807) is 12.3 Å². The number of morpholine rings is 1. The van der Waals surface area contributed by atoms with Gasteiger partial charge in [0.1, 0.15) is 6.07 Å². The van der Waals surface area contributed by atoms with Gasteiger partial charge in [-0.1, -0.05) is 36.4 Å². The van der Waals surface area contributed by atoms with Crippen molar-refractivity contribution in [3.05, 3.63) is 71.3 Å². The molecular weight excluding hydrogens is 317 g/mol. The lowest BCUT2D eigenvalue weighted by Gasteiger charge is -2.44. The minimum absolute atomic E-state index is 0.158. The van der Waals surface area contributed by atoms with Gasteiger partial charge in [0.2, 0.25) is 0 Å². The van der Waals surface area contributed by atoms with E-state index >= 15 is 0 Å². The highest BCUT2D eigenvalue weighted by molar-refractivity contribution is 5.67. The van der Waals surface area contributed by atoms with Gasteiger partial charge < -0.3 is 4.74 Å². The molecule has 4 nitrogen and oxygen atoms in total. The van der Waals surface area contributed by atoms with Crippen molar-refractivity contribution in [2.75, 3.05) is 13.2 Å². The van der Waals surface area contributed by atoms with Crippen LogP contribution in [0.25, 0.3) is 5.57 Å². The molecule has 2 aromatic rings. The van der Waals surface area contributed by atoms with Crippen molar-refractivity contribution in [2.24, 2.45) is 0 Å². The summed E-state index contributed by atoms with van der Waals surface area (Å²) < 4.78 is 19.6. The number of benzene rings is 1. The fourth-order valence-corrected chi connectivity index (χ4v) is 3.61. The van der Waals surface area contributed by atoms with Crippen LogP contribution in [0.1, 0.15) is 23.2 Å². The van der Waals surface area contributed by atoms with Gasteiger partial charge in [0, 0.05) is 18.8 Å². The molecule has 2 unspecified atom stereocenters. The molecule has 0 saturated carbocycles. The van der Waals surface area contributed by atoms with E-state index in [4.69, 9.17) is 10.00 Å². The first-order valence-corrected chi connectivity index (χ1v) is 8.38. The number of halogens is 1. The first kappa shape index (κ1) is 15.9. The molecule has 2 aliphatic heterocycles. The van der Waals surface area contributed by atoms with Gasteiger partial charge in [-0.2, -0.15) is 5.26 Å². The van der Waals surface area contributed by atoms with Crippen LogP contribution in [0.2, 0.25) is 0 Å². The van der Waals surface area contributed by atoms with Crippen molar-refractivity contribution in [1.82, 2.24) is 9.88 Å². The minimum Gasteiger partial charge on any atom is -0.378 e. The van der Waals surface area contributed by atoms with Gasteiger partial charge in [-0.15, -0.1) is 0 Å². The van der Waals surface area contributed by atoms with Gasteiger partial charge in [0.25, 0.3) is 0 Å². The number of hydrogen-bond acceptors (Lipinski definition) is 4. The van der Waals surface area contributed by atoms with E-state index in [0.29, 0.717) is 13.2 Å². The molecule has 0 radical (unpaired) electrons. The highest BCUT2D eigenvalue weighted by Crippen LogP contribution is 2.33. The maximum Gasteiger partial charge on any atom is 0.176 e. The number of pyridine rings is 1. The fourth-order valence-electron chi connectivity index (χ4n) is 3.61. The fraction of sp³-hybridized carbons (Fsp3) is 0.300. The van der Waals surface area contributed by atoms with Crippen molar-refractivity contribution in [2.45, 2.75) is 25.0 Å². The van der Waals surface area contributed by atoms with Crippen LogP contribution in [-0.2, 0) is 11.3 Å². The molecule has 0 N–H and O–H groups in total. The van der Waals surface area contributed by atoms with Crippen molar-refractivity contribution in [3.8, 4) is 6.07 Å². The maximum absolute atomic E-state index is 13.9. The van der Waals surface area contributed by atoms with E-state index < -0.39 is 5.82 Å². The van der Waals surface area contributed by atoms with E-state index in [2.05, 4.69) is 40.2 Å². The SMILES string of the molecule is N#Cc1ncc(C2=CC3COCC(C2)N3Cc2ccccc2)cc1F. The van der Waals surface area contributed by atoms with E-state index in [-0.39, 0.29) is 17.8 Å². The number of nitriles is 1. The Hall–Kier alpha value is -2.55. The third-order valence-electron chi connectivity index (χ3n) is 4.87. The molecule has 5 heteroatoms. The Morgan fingerprint density at radius 1 is 1.28 bits per heavy atom. The third kappa shape index (κ3) is 3.19. The van der Waals surface area contributed by atoms with Crippen LogP contribution in [-0.4, -0.2) is 35.2 Å². The first-order valence-electron chi connectivity index (χ1n) is 8.38. The average Bonchev–Trinajstić information content (AvgIpc) is 2.62. The monoisotopic (exact) mass is 335 g/mol. The van der Waals surface area contributed by atoms with E-state index in [1.165, 1.54) is 11.6 Å². The van der Waals surface area contributed by atoms with Gasteiger partial charge in [0.05, 0.1) is 19.3 Å². The molecule has 1 aromatic heterocycles. The zero-order valence-electron chi connectivity index (χ0n) is 13.7. The van der Waals surface area contributed by atoms with E-state index in [1.807, 2.05) is 6.07 Å². The summed E-state index contributed by atoms with van der Waals surface area (Å²) in [5.41, 5.74) is 2.96. The molecule has 0 spiro atoms. The molecule has 2 atom stereocenters. The topological polar surface area (TPSA) is 49.1 Å². The summed E-state index contributed by atoms with van der Waals surface area (Å²) in [5.74, 6) is -0.561. The predicted octanol–water partition coefficient (Wildman–Crippen LogP) is 3.15. The van der Waals surface area contributed by atoms with Crippen LogP contribution in [0, 0.1) is 17.1 Å². The number of ether oxygens (including phenoxy) is 1. The molecule has 0 aliphatic carbocycles. The number of rotatable bonds is 3. The molecule has 25 heavy (non-hydrogen) atoms. The molecule has 2 aliphatic rings. The molecule has 3 heterocycles. The molecule has 4 rings (SSSR count). The number of aromatic nitrogens is 1. The number of hydrogen-bond donors (Lipinski definition) is 0. The first-order chi connectivity index (χ1) is 12.2. The van der Waals surface area contributed by atoms with Gasteiger partial charge in [-0.3, -0.25) is 4.90 Å². The summed E-state index contributed by atoms with van der Waals surface area (Å²) in [7, 11) is 0. The molecule has 1 aromatic carbocycles. The lowest BCUT2D eigenvalue weighted by molar-refractivity contribution is -0.0402. The Morgan fingerprint density at radius 2 is 2.12 bits per heavy atom. The van der Waals surface area contributed by atoms with Crippen molar-refractivity contribution in [3.63, 3.8) is 0 Å². The van der Waals surface area contributed by atoms with Crippen LogP contribution in [0.5, 0.6) is 0 Å². The van der Waals surface area contributed by atoms with Crippen molar-refractivity contribution in [1.29, 1.82) is 5.26 Å². The van der Waals surface area contributed by atoms with Crippen LogP contribution >= 0.6 is 0 Å². The molecular formula is C20H18FN3O. The zero-order valence-corrected chi connectivity index (χ0v) is 13.7. The van der Waals surface area contributed by atoms with Gasteiger partial charge in [-0.25, -0.2) is 9.37 Å². The smallest absolute Gasteiger partial charge is 0.176 e. The third-order valence-corrected chi connectivity index (χ3v) is 4.87. The summed E-state index contributed by atoms with van der Waals surface area (Å²) >= 11 is 0. The Labute approximate surface area is 146 Å². The summed E-state index contributed by atoms with van der Waals surface area (Å²) in [6.07, 6.45) is 4.54. The molecule has 1 saturated heterocycles. The predicted molar refractivity (Wildman–Crippen MR) is 91.9 cm³/mol.